The second-order valence-corrected chi connectivity index (χ2v) is 4.95. The molecular formula is C16H16N2O2. The van der Waals surface area contributed by atoms with E-state index in [0.29, 0.717) is 17.7 Å². The highest BCUT2D eigenvalue weighted by atomic mass is 16.5. The molecule has 2 rings (SSSR count). The van der Waals surface area contributed by atoms with E-state index in [1.165, 1.54) is 0 Å². The molecule has 0 fully saturated rings. The summed E-state index contributed by atoms with van der Waals surface area (Å²) in [5.41, 5.74) is 2.81. The molecule has 0 saturated heterocycles. The second-order valence-electron chi connectivity index (χ2n) is 4.95. The molecule has 0 aliphatic heterocycles. The average molecular weight is 268 g/mol. The number of aldehydes is 1. The third-order valence-corrected chi connectivity index (χ3v) is 3.45. The summed E-state index contributed by atoms with van der Waals surface area (Å²) >= 11 is 0. The third-order valence-electron chi connectivity index (χ3n) is 3.45. The quantitative estimate of drug-likeness (QED) is 0.789. The van der Waals surface area contributed by atoms with Gasteiger partial charge in [0.05, 0.1) is 11.8 Å². The maximum absolute atomic E-state index is 11.0. The standard InChI is InChI=1S/C16H16N2O2/c1-10-6-13(7-17)4-5-15(10)20-16-11(2)14(9-19)8-18-12(16)3/h4-5,8-10H,6H2,1-3H3. The number of aromatic nitrogens is 1. The zero-order chi connectivity index (χ0) is 14.7. The van der Waals surface area contributed by atoms with Crippen molar-refractivity contribution in [3.63, 3.8) is 0 Å². The van der Waals surface area contributed by atoms with Gasteiger partial charge in [-0.05, 0) is 32.4 Å². The Morgan fingerprint density at radius 3 is 2.80 bits per heavy atom. The molecule has 0 N–H and O–H groups in total. The van der Waals surface area contributed by atoms with Crippen LogP contribution in [0.2, 0.25) is 0 Å². The molecule has 1 heterocycles. The van der Waals surface area contributed by atoms with Crippen molar-refractivity contribution in [3.05, 3.63) is 46.5 Å². The minimum absolute atomic E-state index is 0.133. The lowest BCUT2D eigenvalue weighted by molar-refractivity contribution is 0.112. The number of nitriles is 1. The number of nitrogens with zero attached hydrogens (tertiary/aromatic N) is 2. The van der Waals surface area contributed by atoms with E-state index in [1.807, 2.05) is 26.8 Å². The molecule has 4 nitrogen and oxygen atoms in total. The maximum atomic E-state index is 11.0. The van der Waals surface area contributed by atoms with Crippen LogP contribution in [0.15, 0.2) is 29.7 Å². The summed E-state index contributed by atoms with van der Waals surface area (Å²) in [6, 6.07) is 2.16. The summed E-state index contributed by atoms with van der Waals surface area (Å²) in [5.74, 6) is 1.55. The molecule has 1 aliphatic carbocycles. The first-order chi connectivity index (χ1) is 9.56. The fourth-order valence-electron chi connectivity index (χ4n) is 2.17. The van der Waals surface area contributed by atoms with E-state index < -0.39 is 0 Å². The fraction of sp³-hybridized carbons (Fsp3) is 0.312. The number of aryl methyl sites for hydroxylation is 1. The van der Waals surface area contributed by atoms with Gasteiger partial charge >= 0.3 is 0 Å². The molecule has 102 valence electrons. The van der Waals surface area contributed by atoms with Crippen LogP contribution in [-0.2, 0) is 0 Å². The van der Waals surface area contributed by atoms with Crippen molar-refractivity contribution in [2.24, 2.45) is 5.92 Å². The Hall–Kier alpha value is -2.41. The average Bonchev–Trinajstić information content (AvgIpc) is 2.45. The smallest absolute Gasteiger partial charge is 0.152 e. The highest BCUT2D eigenvalue weighted by molar-refractivity contribution is 5.78. The summed E-state index contributed by atoms with van der Waals surface area (Å²) in [5, 5.41) is 8.90. The molecular weight excluding hydrogens is 252 g/mol. The Balaban J connectivity index is 2.36. The van der Waals surface area contributed by atoms with E-state index >= 15 is 0 Å². The number of rotatable bonds is 3. The van der Waals surface area contributed by atoms with Crippen LogP contribution in [0.4, 0.5) is 0 Å². The van der Waals surface area contributed by atoms with Crippen molar-refractivity contribution in [1.82, 2.24) is 4.98 Å². The van der Waals surface area contributed by atoms with Gasteiger partial charge in [-0.15, -0.1) is 0 Å². The predicted octanol–water partition coefficient (Wildman–Crippen LogP) is 3.26. The molecule has 0 radical (unpaired) electrons. The van der Waals surface area contributed by atoms with Crippen molar-refractivity contribution in [2.45, 2.75) is 27.2 Å². The van der Waals surface area contributed by atoms with Gasteiger partial charge in [0.25, 0.3) is 0 Å². The van der Waals surface area contributed by atoms with Gasteiger partial charge in [0, 0.05) is 28.8 Å². The first-order valence-electron chi connectivity index (χ1n) is 6.47. The number of ether oxygens (including phenoxy) is 1. The van der Waals surface area contributed by atoms with Crippen LogP contribution in [0.5, 0.6) is 5.75 Å². The van der Waals surface area contributed by atoms with Crippen molar-refractivity contribution in [3.8, 4) is 11.8 Å². The summed E-state index contributed by atoms with van der Waals surface area (Å²) in [4.78, 5) is 15.2. The largest absolute Gasteiger partial charge is 0.459 e. The monoisotopic (exact) mass is 268 g/mol. The number of hydrogen-bond acceptors (Lipinski definition) is 4. The molecule has 1 aromatic rings. The van der Waals surface area contributed by atoms with Gasteiger partial charge in [-0.1, -0.05) is 6.92 Å². The molecule has 0 aromatic carbocycles. The Labute approximate surface area is 118 Å². The van der Waals surface area contributed by atoms with E-state index in [1.54, 1.807) is 12.3 Å². The zero-order valence-electron chi connectivity index (χ0n) is 11.8. The number of carbonyl (C=O) groups is 1. The van der Waals surface area contributed by atoms with Crippen molar-refractivity contribution < 1.29 is 9.53 Å². The molecule has 1 aromatic heterocycles. The van der Waals surface area contributed by atoms with Crippen LogP contribution in [0.3, 0.4) is 0 Å². The lowest BCUT2D eigenvalue weighted by Crippen LogP contribution is -2.12. The molecule has 1 aliphatic rings. The zero-order valence-corrected chi connectivity index (χ0v) is 11.8. The van der Waals surface area contributed by atoms with Crippen LogP contribution in [-0.4, -0.2) is 11.3 Å². The molecule has 1 atom stereocenters. The number of allylic oxidation sites excluding steroid dienone is 4. The van der Waals surface area contributed by atoms with Gasteiger partial charge in [-0.3, -0.25) is 9.78 Å². The van der Waals surface area contributed by atoms with Crippen molar-refractivity contribution >= 4 is 6.29 Å². The van der Waals surface area contributed by atoms with E-state index in [0.717, 1.165) is 28.9 Å². The summed E-state index contributed by atoms with van der Waals surface area (Å²) in [6.45, 7) is 5.71. The molecule has 20 heavy (non-hydrogen) atoms. The van der Waals surface area contributed by atoms with Crippen LogP contribution in [0, 0.1) is 31.1 Å². The minimum Gasteiger partial charge on any atom is -0.459 e. The lowest BCUT2D eigenvalue weighted by atomic mass is 9.95. The highest BCUT2D eigenvalue weighted by Crippen LogP contribution is 2.31. The van der Waals surface area contributed by atoms with E-state index in [2.05, 4.69) is 11.1 Å². The molecule has 4 heteroatoms. The first kappa shape index (κ1) is 14.0. The number of hydrogen-bond donors (Lipinski definition) is 0. The summed E-state index contributed by atoms with van der Waals surface area (Å²) in [6.07, 6.45) is 6.59. The normalized spacial score (nSPS) is 17.8. The van der Waals surface area contributed by atoms with Crippen LogP contribution < -0.4 is 4.74 Å². The fourth-order valence-corrected chi connectivity index (χ4v) is 2.17. The SMILES string of the molecule is Cc1ncc(C=O)c(C)c1OC1=CC=C(C#N)CC1C. The van der Waals surface area contributed by atoms with E-state index in [9.17, 15) is 4.79 Å². The highest BCUT2D eigenvalue weighted by Gasteiger charge is 2.19. The molecule has 0 spiro atoms. The first-order valence-corrected chi connectivity index (χ1v) is 6.47. The predicted molar refractivity (Wildman–Crippen MR) is 75.3 cm³/mol. The Kier molecular flexibility index (Phi) is 3.99. The van der Waals surface area contributed by atoms with Gasteiger partial charge in [-0.2, -0.15) is 5.26 Å². The molecule has 0 saturated carbocycles. The summed E-state index contributed by atoms with van der Waals surface area (Å²) in [7, 11) is 0. The molecule has 0 amide bonds. The minimum atomic E-state index is 0.133. The van der Waals surface area contributed by atoms with E-state index in [4.69, 9.17) is 10.00 Å². The van der Waals surface area contributed by atoms with Gasteiger partial charge in [0.15, 0.2) is 12.0 Å². The summed E-state index contributed by atoms with van der Waals surface area (Å²) < 4.78 is 5.95. The number of carbonyl (C=O) groups excluding carboxylic acids is 1. The van der Waals surface area contributed by atoms with Gasteiger partial charge in [0.1, 0.15) is 5.76 Å². The third kappa shape index (κ3) is 2.62. The van der Waals surface area contributed by atoms with Gasteiger partial charge in [-0.25, -0.2) is 0 Å². The number of pyridine rings is 1. The Bertz CT molecular complexity index is 651. The molecule has 1 unspecified atom stereocenters. The van der Waals surface area contributed by atoms with Crippen molar-refractivity contribution in [2.75, 3.05) is 0 Å². The van der Waals surface area contributed by atoms with Gasteiger partial charge < -0.3 is 4.74 Å². The van der Waals surface area contributed by atoms with E-state index in [-0.39, 0.29) is 5.92 Å². The van der Waals surface area contributed by atoms with Gasteiger partial charge in [0.2, 0.25) is 0 Å². The Morgan fingerprint density at radius 2 is 2.20 bits per heavy atom. The maximum Gasteiger partial charge on any atom is 0.152 e. The lowest BCUT2D eigenvalue weighted by Gasteiger charge is -2.21. The second kappa shape index (κ2) is 5.70. The van der Waals surface area contributed by atoms with Crippen LogP contribution in [0.25, 0.3) is 0 Å². The van der Waals surface area contributed by atoms with Crippen LogP contribution >= 0.6 is 0 Å². The van der Waals surface area contributed by atoms with Crippen molar-refractivity contribution in [1.29, 1.82) is 5.26 Å². The van der Waals surface area contributed by atoms with Crippen LogP contribution in [0.1, 0.15) is 35.0 Å². The Morgan fingerprint density at radius 1 is 1.45 bits per heavy atom. The topological polar surface area (TPSA) is 63.0 Å². The molecule has 0 bridgehead atoms.